The van der Waals surface area contributed by atoms with Crippen molar-refractivity contribution in [2.45, 2.75) is 51.9 Å². The molecule has 1 saturated carbocycles. The third-order valence-electron chi connectivity index (χ3n) is 5.17. The number of aromatic nitrogens is 1. The van der Waals surface area contributed by atoms with Gasteiger partial charge in [-0.05, 0) is 62.4 Å². The summed E-state index contributed by atoms with van der Waals surface area (Å²) in [5.41, 5.74) is 2.60. The molecule has 3 rings (SSSR count). The van der Waals surface area contributed by atoms with Crippen molar-refractivity contribution < 1.29 is 0 Å². The molecule has 120 valence electrons. The van der Waals surface area contributed by atoms with Crippen LogP contribution < -0.4 is 5.32 Å². The normalized spacial score (nSPS) is 17.4. The van der Waals surface area contributed by atoms with E-state index >= 15 is 0 Å². The van der Waals surface area contributed by atoms with E-state index in [9.17, 15) is 0 Å². The van der Waals surface area contributed by atoms with E-state index in [2.05, 4.69) is 37.5 Å². The Morgan fingerprint density at radius 1 is 1.32 bits per heavy atom. The largest absolute Gasteiger partial charge is 0.319 e. The fourth-order valence-corrected chi connectivity index (χ4v) is 4.89. The maximum atomic E-state index is 4.84. The molecule has 3 heteroatoms. The number of hydrogen-bond donors (Lipinski definition) is 1. The van der Waals surface area contributed by atoms with Gasteiger partial charge in [0.1, 0.15) is 0 Å². The summed E-state index contributed by atoms with van der Waals surface area (Å²) < 4.78 is 1.36. The number of aryl methyl sites for hydroxylation is 2. The fourth-order valence-electron chi connectivity index (χ4n) is 3.85. The van der Waals surface area contributed by atoms with E-state index in [0.29, 0.717) is 0 Å². The van der Waals surface area contributed by atoms with Crippen LogP contribution in [0.5, 0.6) is 0 Å². The van der Waals surface area contributed by atoms with Gasteiger partial charge in [0.15, 0.2) is 0 Å². The number of hydrogen-bond acceptors (Lipinski definition) is 3. The Bertz CT molecular complexity index is 599. The van der Waals surface area contributed by atoms with Crippen molar-refractivity contribution in [3.05, 3.63) is 28.8 Å². The lowest BCUT2D eigenvalue weighted by atomic mass is 9.87. The Morgan fingerprint density at radius 2 is 2.14 bits per heavy atom. The monoisotopic (exact) mass is 316 g/mol. The van der Waals surface area contributed by atoms with E-state index in [-0.39, 0.29) is 0 Å². The molecule has 1 aliphatic rings. The summed E-state index contributed by atoms with van der Waals surface area (Å²) in [5.74, 6) is 1.76. The van der Waals surface area contributed by atoms with Gasteiger partial charge in [0.2, 0.25) is 0 Å². The summed E-state index contributed by atoms with van der Waals surface area (Å²) in [5, 5.41) is 4.73. The summed E-state index contributed by atoms with van der Waals surface area (Å²) in [6, 6.07) is 6.73. The lowest BCUT2D eigenvalue weighted by Gasteiger charge is -2.22. The standard InChI is InChI=1S/C19H28N2S/c1-3-14-8-10-17-18(12-14)22-19(21-17)11-9-16(13-20-2)15-6-4-5-7-15/h8,10,12,15-16,20H,3-7,9,11,13H2,1-2H3. The number of thiazole rings is 1. The molecule has 0 spiro atoms. The highest BCUT2D eigenvalue weighted by atomic mass is 32.1. The van der Waals surface area contributed by atoms with Gasteiger partial charge in [0, 0.05) is 0 Å². The van der Waals surface area contributed by atoms with Crippen molar-refractivity contribution in [2.24, 2.45) is 11.8 Å². The Hall–Kier alpha value is -0.930. The van der Waals surface area contributed by atoms with Gasteiger partial charge in [0.25, 0.3) is 0 Å². The molecule has 1 atom stereocenters. The molecule has 1 aromatic carbocycles. The molecule has 0 saturated heterocycles. The van der Waals surface area contributed by atoms with E-state index < -0.39 is 0 Å². The lowest BCUT2D eigenvalue weighted by Crippen LogP contribution is -2.25. The number of nitrogens with one attached hydrogen (secondary N) is 1. The van der Waals surface area contributed by atoms with Gasteiger partial charge in [-0.3, -0.25) is 0 Å². The van der Waals surface area contributed by atoms with Crippen LogP contribution in [-0.2, 0) is 12.8 Å². The maximum Gasteiger partial charge on any atom is 0.0938 e. The lowest BCUT2D eigenvalue weighted by molar-refractivity contribution is 0.311. The van der Waals surface area contributed by atoms with Crippen molar-refractivity contribution in [3.63, 3.8) is 0 Å². The van der Waals surface area contributed by atoms with Gasteiger partial charge in [-0.25, -0.2) is 4.98 Å². The molecular formula is C19H28N2S. The molecule has 1 unspecified atom stereocenters. The van der Waals surface area contributed by atoms with Crippen molar-refractivity contribution in [3.8, 4) is 0 Å². The van der Waals surface area contributed by atoms with Crippen molar-refractivity contribution >= 4 is 21.6 Å². The van der Waals surface area contributed by atoms with Crippen LogP contribution in [-0.4, -0.2) is 18.6 Å². The highest BCUT2D eigenvalue weighted by Crippen LogP contribution is 2.34. The summed E-state index contributed by atoms with van der Waals surface area (Å²) in [7, 11) is 2.09. The van der Waals surface area contributed by atoms with Crippen LogP contribution in [0.4, 0.5) is 0 Å². The van der Waals surface area contributed by atoms with Gasteiger partial charge in [-0.15, -0.1) is 11.3 Å². The molecule has 0 amide bonds. The summed E-state index contributed by atoms with van der Waals surface area (Å²) in [4.78, 5) is 4.84. The van der Waals surface area contributed by atoms with E-state index in [4.69, 9.17) is 4.98 Å². The van der Waals surface area contributed by atoms with Gasteiger partial charge in [0.05, 0.1) is 15.2 Å². The first-order valence-electron chi connectivity index (χ1n) is 8.83. The number of benzene rings is 1. The maximum absolute atomic E-state index is 4.84. The summed E-state index contributed by atoms with van der Waals surface area (Å²) in [6.07, 6.45) is 9.28. The van der Waals surface area contributed by atoms with E-state index in [1.54, 1.807) is 0 Å². The first-order chi connectivity index (χ1) is 10.8. The van der Waals surface area contributed by atoms with Crippen LogP contribution in [0.25, 0.3) is 10.2 Å². The Kier molecular flexibility index (Phi) is 5.48. The predicted molar refractivity (Wildman–Crippen MR) is 96.7 cm³/mol. The molecule has 22 heavy (non-hydrogen) atoms. The predicted octanol–water partition coefficient (Wildman–Crippen LogP) is 4.82. The molecule has 1 N–H and O–H groups in total. The van der Waals surface area contributed by atoms with Crippen molar-refractivity contribution in [1.29, 1.82) is 0 Å². The first-order valence-corrected chi connectivity index (χ1v) is 9.64. The zero-order chi connectivity index (χ0) is 15.4. The highest BCUT2D eigenvalue weighted by Gasteiger charge is 2.24. The van der Waals surface area contributed by atoms with Crippen LogP contribution in [0.1, 0.15) is 49.6 Å². The molecule has 0 radical (unpaired) electrons. The smallest absolute Gasteiger partial charge is 0.0938 e. The Balaban J connectivity index is 1.66. The van der Waals surface area contributed by atoms with Gasteiger partial charge in [-0.1, -0.05) is 38.7 Å². The van der Waals surface area contributed by atoms with Gasteiger partial charge in [-0.2, -0.15) is 0 Å². The van der Waals surface area contributed by atoms with Gasteiger partial charge >= 0.3 is 0 Å². The first kappa shape index (κ1) is 15.9. The third kappa shape index (κ3) is 3.69. The molecule has 0 aliphatic heterocycles. The second kappa shape index (κ2) is 7.56. The zero-order valence-corrected chi connectivity index (χ0v) is 14.7. The van der Waals surface area contributed by atoms with Crippen LogP contribution in [0, 0.1) is 11.8 Å². The van der Waals surface area contributed by atoms with Crippen LogP contribution in [0.3, 0.4) is 0 Å². The van der Waals surface area contributed by atoms with Crippen LogP contribution in [0.15, 0.2) is 18.2 Å². The minimum absolute atomic E-state index is 0.825. The average Bonchev–Trinajstić information content (AvgIpc) is 3.19. The number of fused-ring (bicyclic) bond motifs is 1. The molecule has 0 bridgehead atoms. The minimum atomic E-state index is 0.825. The Labute approximate surface area is 138 Å². The molecule has 1 fully saturated rings. The highest BCUT2D eigenvalue weighted by molar-refractivity contribution is 7.18. The minimum Gasteiger partial charge on any atom is -0.319 e. The molecule has 1 aromatic heterocycles. The second-order valence-corrected chi connectivity index (χ2v) is 7.78. The van der Waals surface area contributed by atoms with E-state index in [0.717, 1.165) is 31.2 Å². The Morgan fingerprint density at radius 3 is 2.86 bits per heavy atom. The molecule has 1 heterocycles. The van der Waals surface area contributed by atoms with Crippen molar-refractivity contribution in [2.75, 3.05) is 13.6 Å². The molecule has 1 aliphatic carbocycles. The SMILES string of the molecule is CCc1ccc2nc(CCC(CNC)C3CCCC3)sc2c1. The molecule has 2 nitrogen and oxygen atoms in total. The average molecular weight is 317 g/mol. The third-order valence-corrected chi connectivity index (χ3v) is 6.25. The van der Waals surface area contributed by atoms with Crippen LogP contribution >= 0.6 is 11.3 Å². The van der Waals surface area contributed by atoms with Crippen LogP contribution in [0.2, 0.25) is 0 Å². The van der Waals surface area contributed by atoms with E-state index in [1.807, 2.05) is 11.3 Å². The number of rotatable bonds is 7. The summed E-state index contributed by atoms with van der Waals surface area (Å²) in [6.45, 7) is 3.38. The number of nitrogens with zero attached hydrogens (tertiary/aromatic N) is 1. The molecule has 2 aromatic rings. The quantitative estimate of drug-likeness (QED) is 0.792. The zero-order valence-electron chi connectivity index (χ0n) is 13.9. The molecular weight excluding hydrogens is 288 g/mol. The van der Waals surface area contributed by atoms with E-state index in [1.165, 1.54) is 52.9 Å². The second-order valence-electron chi connectivity index (χ2n) is 6.66. The fraction of sp³-hybridized carbons (Fsp3) is 0.632. The topological polar surface area (TPSA) is 24.9 Å². The van der Waals surface area contributed by atoms with Gasteiger partial charge < -0.3 is 5.32 Å². The summed E-state index contributed by atoms with van der Waals surface area (Å²) >= 11 is 1.90. The van der Waals surface area contributed by atoms with Crippen molar-refractivity contribution in [1.82, 2.24) is 10.3 Å².